The molecule has 0 aliphatic heterocycles. The van der Waals surface area contributed by atoms with E-state index in [1.807, 2.05) is 25.1 Å². The van der Waals surface area contributed by atoms with Gasteiger partial charge in [0.1, 0.15) is 6.10 Å². The lowest BCUT2D eigenvalue weighted by Gasteiger charge is -2.26. The van der Waals surface area contributed by atoms with Gasteiger partial charge in [0.05, 0.1) is 0 Å². The first-order valence-electron chi connectivity index (χ1n) is 6.13. The molecule has 0 radical (unpaired) electrons. The minimum absolute atomic E-state index is 0.0874. The molecule has 0 aliphatic carbocycles. The largest absolute Gasteiger partial charge is 0.506 e. The third-order valence-corrected chi connectivity index (χ3v) is 2.98. The Morgan fingerprint density at radius 1 is 1.26 bits per heavy atom. The van der Waals surface area contributed by atoms with Crippen LogP contribution in [0, 0.1) is 0 Å². The third-order valence-electron chi connectivity index (χ3n) is 2.98. The SMILES string of the molecule is CC(CC(C)N(C)C(=O)c1ccccc1)OC(=O)O. The second-order valence-electron chi connectivity index (χ2n) is 4.56. The molecule has 0 aromatic heterocycles. The molecular weight excluding hydrogens is 246 g/mol. The summed E-state index contributed by atoms with van der Waals surface area (Å²) in [5, 5.41) is 8.52. The molecule has 19 heavy (non-hydrogen) atoms. The van der Waals surface area contributed by atoms with Gasteiger partial charge in [-0.25, -0.2) is 4.79 Å². The molecule has 5 nitrogen and oxygen atoms in total. The van der Waals surface area contributed by atoms with Gasteiger partial charge in [-0.2, -0.15) is 0 Å². The summed E-state index contributed by atoms with van der Waals surface area (Å²) in [4.78, 5) is 24.2. The van der Waals surface area contributed by atoms with Crippen molar-refractivity contribution in [2.45, 2.75) is 32.4 Å². The summed E-state index contributed by atoms with van der Waals surface area (Å²) < 4.78 is 4.64. The summed E-state index contributed by atoms with van der Waals surface area (Å²) in [7, 11) is 1.70. The van der Waals surface area contributed by atoms with Gasteiger partial charge in [0, 0.05) is 25.1 Å². The molecule has 0 fully saturated rings. The van der Waals surface area contributed by atoms with Crippen LogP contribution in [-0.4, -0.2) is 41.3 Å². The van der Waals surface area contributed by atoms with Crippen molar-refractivity contribution < 1.29 is 19.4 Å². The van der Waals surface area contributed by atoms with Crippen LogP contribution < -0.4 is 0 Å². The Morgan fingerprint density at radius 3 is 2.37 bits per heavy atom. The highest BCUT2D eigenvalue weighted by Gasteiger charge is 2.20. The van der Waals surface area contributed by atoms with Crippen molar-refractivity contribution in [2.24, 2.45) is 0 Å². The van der Waals surface area contributed by atoms with E-state index < -0.39 is 12.3 Å². The summed E-state index contributed by atoms with van der Waals surface area (Å²) in [6, 6.07) is 8.86. The molecule has 0 aliphatic rings. The van der Waals surface area contributed by atoms with Gasteiger partial charge in [-0.05, 0) is 26.0 Å². The Morgan fingerprint density at radius 2 is 1.84 bits per heavy atom. The number of ether oxygens (including phenoxy) is 1. The summed E-state index contributed by atoms with van der Waals surface area (Å²) in [6.45, 7) is 3.54. The fraction of sp³-hybridized carbons (Fsp3) is 0.429. The topological polar surface area (TPSA) is 66.8 Å². The van der Waals surface area contributed by atoms with E-state index >= 15 is 0 Å². The van der Waals surface area contributed by atoms with Crippen LogP contribution in [0.2, 0.25) is 0 Å². The molecule has 0 spiro atoms. The van der Waals surface area contributed by atoms with Gasteiger partial charge in [0.25, 0.3) is 5.91 Å². The van der Waals surface area contributed by atoms with Gasteiger partial charge in [-0.3, -0.25) is 4.79 Å². The van der Waals surface area contributed by atoms with Crippen LogP contribution in [-0.2, 0) is 4.74 Å². The Balaban J connectivity index is 2.59. The number of carbonyl (C=O) groups is 2. The van der Waals surface area contributed by atoms with Gasteiger partial charge in [0.15, 0.2) is 0 Å². The fourth-order valence-electron chi connectivity index (χ4n) is 1.84. The van der Waals surface area contributed by atoms with E-state index in [2.05, 4.69) is 4.74 Å². The standard InChI is InChI=1S/C14H19NO4/c1-10(9-11(2)19-14(17)18)15(3)13(16)12-7-5-4-6-8-12/h4-8,10-11H,9H2,1-3H3,(H,17,18). The second-order valence-corrected chi connectivity index (χ2v) is 4.56. The molecule has 0 heterocycles. The Labute approximate surface area is 112 Å². The number of rotatable bonds is 5. The maximum atomic E-state index is 12.2. The monoisotopic (exact) mass is 265 g/mol. The molecule has 5 heteroatoms. The average molecular weight is 265 g/mol. The summed E-state index contributed by atoms with van der Waals surface area (Å²) in [5.74, 6) is -0.0874. The molecular formula is C14H19NO4. The number of nitrogens with zero attached hydrogens (tertiary/aromatic N) is 1. The van der Waals surface area contributed by atoms with Crippen LogP contribution in [0.1, 0.15) is 30.6 Å². The number of hydrogen-bond donors (Lipinski definition) is 1. The van der Waals surface area contributed by atoms with Crippen LogP contribution >= 0.6 is 0 Å². The van der Waals surface area contributed by atoms with Crippen molar-refractivity contribution in [3.8, 4) is 0 Å². The van der Waals surface area contributed by atoms with Crippen LogP contribution in [0.5, 0.6) is 0 Å². The highest BCUT2D eigenvalue weighted by Crippen LogP contribution is 2.12. The smallest absolute Gasteiger partial charge is 0.450 e. The summed E-state index contributed by atoms with van der Waals surface area (Å²) >= 11 is 0. The fourth-order valence-corrected chi connectivity index (χ4v) is 1.84. The minimum atomic E-state index is -1.29. The van der Waals surface area contributed by atoms with Gasteiger partial charge < -0.3 is 14.7 Å². The molecule has 1 rings (SSSR count). The zero-order valence-corrected chi connectivity index (χ0v) is 11.4. The number of amides is 1. The Bertz CT molecular complexity index is 432. The maximum Gasteiger partial charge on any atom is 0.506 e. The molecule has 1 N–H and O–H groups in total. The van der Waals surface area contributed by atoms with E-state index in [1.54, 1.807) is 31.0 Å². The first kappa shape index (κ1) is 15.0. The van der Waals surface area contributed by atoms with Gasteiger partial charge in [-0.15, -0.1) is 0 Å². The predicted molar refractivity (Wildman–Crippen MR) is 71.2 cm³/mol. The number of benzene rings is 1. The third kappa shape index (κ3) is 4.62. The quantitative estimate of drug-likeness (QED) is 0.831. The van der Waals surface area contributed by atoms with Crippen LogP contribution in [0.3, 0.4) is 0 Å². The van der Waals surface area contributed by atoms with Gasteiger partial charge in [0.2, 0.25) is 0 Å². The lowest BCUT2D eigenvalue weighted by molar-refractivity contribution is 0.0426. The molecule has 1 aromatic rings. The van der Waals surface area contributed by atoms with Crippen LogP contribution in [0.4, 0.5) is 4.79 Å². The molecule has 0 saturated heterocycles. The average Bonchev–Trinajstić information content (AvgIpc) is 2.36. The maximum absolute atomic E-state index is 12.2. The number of carboxylic acid groups (broad SMARTS) is 1. The van der Waals surface area contributed by atoms with E-state index in [9.17, 15) is 9.59 Å². The van der Waals surface area contributed by atoms with Crippen LogP contribution in [0.25, 0.3) is 0 Å². The van der Waals surface area contributed by atoms with Crippen molar-refractivity contribution in [1.29, 1.82) is 0 Å². The van der Waals surface area contributed by atoms with Gasteiger partial charge >= 0.3 is 6.16 Å². The molecule has 1 amide bonds. The number of carbonyl (C=O) groups excluding carboxylic acids is 1. The zero-order valence-electron chi connectivity index (χ0n) is 11.4. The highest BCUT2D eigenvalue weighted by atomic mass is 16.7. The lowest BCUT2D eigenvalue weighted by atomic mass is 10.1. The van der Waals surface area contributed by atoms with E-state index in [1.165, 1.54) is 0 Å². The zero-order chi connectivity index (χ0) is 14.4. The molecule has 2 unspecified atom stereocenters. The minimum Gasteiger partial charge on any atom is -0.450 e. The van der Waals surface area contributed by atoms with Gasteiger partial charge in [-0.1, -0.05) is 18.2 Å². The molecule has 2 atom stereocenters. The summed E-state index contributed by atoms with van der Waals surface area (Å²) in [5.41, 5.74) is 0.614. The summed E-state index contributed by atoms with van der Waals surface area (Å²) in [6.07, 6.45) is -1.28. The van der Waals surface area contributed by atoms with Crippen molar-refractivity contribution in [2.75, 3.05) is 7.05 Å². The molecule has 104 valence electrons. The normalized spacial score (nSPS) is 13.4. The predicted octanol–water partition coefficient (Wildman–Crippen LogP) is 2.62. The molecule has 0 saturated carbocycles. The number of hydrogen-bond acceptors (Lipinski definition) is 3. The first-order chi connectivity index (χ1) is 8.91. The Hall–Kier alpha value is -2.04. The van der Waals surface area contributed by atoms with E-state index in [0.29, 0.717) is 12.0 Å². The van der Waals surface area contributed by atoms with E-state index in [4.69, 9.17) is 5.11 Å². The van der Waals surface area contributed by atoms with Crippen molar-refractivity contribution >= 4 is 12.1 Å². The van der Waals surface area contributed by atoms with E-state index in [-0.39, 0.29) is 11.9 Å². The highest BCUT2D eigenvalue weighted by molar-refractivity contribution is 5.94. The first-order valence-corrected chi connectivity index (χ1v) is 6.13. The lowest BCUT2D eigenvalue weighted by Crippen LogP contribution is -2.37. The van der Waals surface area contributed by atoms with Crippen molar-refractivity contribution in [3.63, 3.8) is 0 Å². The van der Waals surface area contributed by atoms with Crippen molar-refractivity contribution in [1.82, 2.24) is 4.90 Å². The Kier molecular flexibility index (Phi) is 5.36. The second kappa shape index (κ2) is 6.78. The molecule has 1 aromatic carbocycles. The van der Waals surface area contributed by atoms with E-state index in [0.717, 1.165) is 0 Å². The van der Waals surface area contributed by atoms with Crippen molar-refractivity contribution in [3.05, 3.63) is 35.9 Å². The molecule has 0 bridgehead atoms. The van der Waals surface area contributed by atoms with Crippen LogP contribution in [0.15, 0.2) is 30.3 Å².